The zero-order chi connectivity index (χ0) is 16.1. The average Bonchev–Trinajstić information content (AvgIpc) is 2.39. The predicted octanol–water partition coefficient (Wildman–Crippen LogP) is 0.390. The number of amides is 1. The molecule has 1 atom stereocenters. The summed E-state index contributed by atoms with van der Waals surface area (Å²) < 4.78 is 25.8. The summed E-state index contributed by atoms with van der Waals surface area (Å²) in [6.07, 6.45) is 0.999. The maximum Gasteiger partial charge on any atom is 0.407 e. The average molecular weight is 325 g/mol. The second-order valence-corrected chi connectivity index (χ2v) is 5.74. The first-order valence-electron chi connectivity index (χ1n) is 6.64. The molecule has 124 valence electrons. The van der Waals surface area contributed by atoms with Gasteiger partial charge in [-0.2, -0.15) is 0 Å². The molecule has 0 heterocycles. The van der Waals surface area contributed by atoms with Gasteiger partial charge in [-0.25, -0.2) is 4.79 Å². The van der Waals surface area contributed by atoms with E-state index in [1.165, 1.54) is 6.08 Å². The quantitative estimate of drug-likeness (QED) is 0.233. The second kappa shape index (κ2) is 11.7. The number of quaternary nitrogens is 1. The monoisotopic (exact) mass is 325 g/mol. The zero-order valence-corrected chi connectivity index (χ0v) is 13.7. The van der Waals surface area contributed by atoms with E-state index in [2.05, 4.69) is 16.4 Å². The second-order valence-electron chi connectivity index (χ2n) is 4.92. The fraction of sp³-hybridized carbons (Fsp3) is 0.750. The van der Waals surface area contributed by atoms with E-state index >= 15 is 0 Å². The molecule has 1 amide bonds. The fourth-order valence-corrected chi connectivity index (χ4v) is 1.58. The van der Waals surface area contributed by atoms with Crippen LogP contribution in [0.1, 0.15) is 0 Å². The molecular weight excluding hydrogens is 299 g/mol. The first-order chi connectivity index (χ1) is 9.87. The van der Waals surface area contributed by atoms with Crippen LogP contribution >= 0.6 is 8.25 Å². The molecule has 0 aliphatic rings. The molecule has 0 bridgehead atoms. The Morgan fingerprint density at radius 3 is 2.62 bits per heavy atom. The molecule has 0 spiro atoms. The fourth-order valence-electron chi connectivity index (χ4n) is 1.32. The Morgan fingerprint density at radius 2 is 2.00 bits per heavy atom. The summed E-state index contributed by atoms with van der Waals surface area (Å²) in [6, 6.07) is 0. The van der Waals surface area contributed by atoms with E-state index in [4.69, 9.17) is 14.4 Å². The van der Waals surface area contributed by atoms with Crippen molar-refractivity contribution in [3.8, 4) is 0 Å². The molecule has 0 aromatic heterocycles. The number of ether oxygens (including phenoxy) is 2. The molecule has 8 nitrogen and oxygen atoms in total. The van der Waals surface area contributed by atoms with Crippen LogP contribution in [-0.4, -0.2) is 75.6 Å². The van der Waals surface area contributed by atoms with Crippen LogP contribution in [0, 0.1) is 0 Å². The molecule has 0 aliphatic heterocycles. The van der Waals surface area contributed by atoms with Crippen LogP contribution in [0.3, 0.4) is 0 Å². The van der Waals surface area contributed by atoms with Gasteiger partial charge in [0.15, 0.2) is 0 Å². The molecular formula is C12H26N2O6P+. The molecule has 2 N–H and O–H groups in total. The topological polar surface area (TPSA) is 94.1 Å². The molecule has 0 saturated carbocycles. The van der Waals surface area contributed by atoms with Crippen molar-refractivity contribution in [3.63, 3.8) is 0 Å². The summed E-state index contributed by atoms with van der Waals surface area (Å²) in [7, 11) is 1.10. The van der Waals surface area contributed by atoms with Gasteiger partial charge < -0.3 is 28.7 Å². The van der Waals surface area contributed by atoms with Crippen LogP contribution < -0.4 is 5.32 Å². The zero-order valence-electron chi connectivity index (χ0n) is 12.7. The molecule has 0 radical (unpaired) electrons. The van der Waals surface area contributed by atoms with Crippen LogP contribution in [0.2, 0.25) is 0 Å². The van der Waals surface area contributed by atoms with E-state index < -0.39 is 14.3 Å². The minimum atomic E-state index is -2.85. The minimum absolute atomic E-state index is 0.181. The Morgan fingerprint density at radius 1 is 1.33 bits per heavy atom. The third-order valence-corrected chi connectivity index (χ3v) is 3.06. The van der Waals surface area contributed by atoms with Gasteiger partial charge in [0.2, 0.25) is 0 Å². The highest BCUT2D eigenvalue weighted by Crippen LogP contribution is 2.14. The van der Waals surface area contributed by atoms with Crippen LogP contribution in [-0.2, 0) is 18.6 Å². The smallest absolute Gasteiger partial charge is 0.407 e. The van der Waals surface area contributed by atoms with Gasteiger partial charge in [-0.3, -0.25) is 4.57 Å². The number of hydrogen-bond donors (Lipinski definition) is 2. The lowest BCUT2D eigenvalue weighted by Crippen LogP contribution is -2.44. The van der Waals surface area contributed by atoms with Crippen molar-refractivity contribution < 1.29 is 32.7 Å². The largest absolute Gasteiger partial charge is 0.445 e. The van der Waals surface area contributed by atoms with Gasteiger partial charge in [-0.15, -0.1) is 0 Å². The number of rotatable bonds is 12. The number of carbonyl (C=O) groups is 1. The lowest BCUT2D eigenvalue weighted by molar-refractivity contribution is -0.890. The van der Waals surface area contributed by atoms with E-state index in [0.29, 0.717) is 30.8 Å². The number of nitrogens with zero attached hydrogens (tertiary/aromatic N) is 1. The minimum Gasteiger partial charge on any atom is -0.445 e. The first-order valence-corrected chi connectivity index (χ1v) is 7.91. The normalized spacial score (nSPS) is 12.7. The summed E-state index contributed by atoms with van der Waals surface area (Å²) >= 11 is 0. The maximum absolute atomic E-state index is 11.1. The molecule has 9 heteroatoms. The lowest BCUT2D eigenvalue weighted by atomic mass is 10.4. The Balaban J connectivity index is 3.54. The van der Waals surface area contributed by atoms with E-state index in [0.717, 1.165) is 6.54 Å². The highest BCUT2D eigenvalue weighted by atomic mass is 31.1. The Labute approximate surface area is 126 Å². The molecule has 0 aromatic rings. The Bertz CT molecular complexity index is 338. The molecule has 21 heavy (non-hydrogen) atoms. The number of alkyl carbamates (subject to hydrolysis) is 1. The summed E-state index contributed by atoms with van der Waals surface area (Å²) in [6.45, 7) is 6.49. The van der Waals surface area contributed by atoms with Gasteiger partial charge in [0.05, 0.1) is 27.3 Å². The summed E-state index contributed by atoms with van der Waals surface area (Å²) in [5.41, 5.74) is 0. The molecule has 1 unspecified atom stereocenters. The standard InChI is InChI=1S/C12H25N2O6P/c1-4-8-19-12(15)13-5-9-18-10-6-14(2,3)7-11-20-21(16)17/h4,21H,1,5-11H2,2-3H3,(H-,13,15,16,17)/p+1. The Kier molecular flexibility index (Phi) is 11.2. The summed E-state index contributed by atoms with van der Waals surface area (Å²) in [4.78, 5) is 19.6. The predicted molar refractivity (Wildman–Crippen MR) is 79.4 cm³/mol. The number of hydrogen-bond acceptors (Lipinski definition) is 5. The maximum atomic E-state index is 11.1. The Hall–Kier alpha value is -0.920. The highest BCUT2D eigenvalue weighted by molar-refractivity contribution is 7.32. The van der Waals surface area contributed by atoms with Crippen molar-refractivity contribution in [2.24, 2.45) is 0 Å². The summed E-state index contributed by atoms with van der Waals surface area (Å²) in [5.74, 6) is 0. The molecule has 0 aliphatic carbocycles. The summed E-state index contributed by atoms with van der Waals surface area (Å²) in [5, 5.41) is 2.54. The van der Waals surface area contributed by atoms with Crippen molar-refractivity contribution in [1.82, 2.24) is 5.32 Å². The van der Waals surface area contributed by atoms with Gasteiger partial charge in [0.1, 0.15) is 26.3 Å². The van der Waals surface area contributed by atoms with Crippen LogP contribution in [0.25, 0.3) is 0 Å². The van der Waals surface area contributed by atoms with Crippen molar-refractivity contribution in [2.75, 3.05) is 60.2 Å². The van der Waals surface area contributed by atoms with Gasteiger partial charge in [-0.05, 0) is 0 Å². The molecule has 0 fully saturated rings. The van der Waals surface area contributed by atoms with E-state index in [-0.39, 0.29) is 13.2 Å². The third kappa shape index (κ3) is 13.8. The van der Waals surface area contributed by atoms with Crippen molar-refractivity contribution >= 4 is 14.3 Å². The van der Waals surface area contributed by atoms with Gasteiger partial charge >= 0.3 is 14.3 Å². The molecule has 0 saturated heterocycles. The number of nitrogens with one attached hydrogen (secondary N) is 1. The van der Waals surface area contributed by atoms with Crippen molar-refractivity contribution in [3.05, 3.63) is 12.7 Å². The van der Waals surface area contributed by atoms with Gasteiger partial charge in [0, 0.05) is 6.54 Å². The third-order valence-electron chi connectivity index (χ3n) is 2.61. The lowest BCUT2D eigenvalue weighted by Gasteiger charge is -2.29. The van der Waals surface area contributed by atoms with Gasteiger partial charge in [-0.1, -0.05) is 12.7 Å². The van der Waals surface area contributed by atoms with Crippen LogP contribution in [0.5, 0.6) is 0 Å². The SMILES string of the molecule is C=CCOC(=O)NCCOCC[N+](C)(C)CCO[PH](=O)O. The van der Waals surface area contributed by atoms with E-state index in [1.807, 2.05) is 14.1 Å². The van der Waals surface area contributed by atoms with Crippen molar-refractivity contribution in [2.45, 2.75) is 0 Å². The van der Waals surface area contributed by atoms with Crippen LogP contribution in [0.15, 0.2) is 12.7 Å². The van der Waals surface area contributed by atoms with Crippen LogP contribution in [0.4, 0.5) is 4.79 Å². The van der Waals surface area contributed by atoms with Crippen molar-refractivity contribution in [1.29, 1.82) is 0 Å². The van der Waals surface area contributed by atoms with Gasteiger partial charge in [0.25, 0.3) is 0 Å². The highest BCUT2D eigenvalue weighted by Gasteiger charge is 2.14. The molecule has 0 aromatic carbocycles. The number of carbonyl (C=O) groups excluding carboxylic acids is 1. The van der Waals surface area contributed by atoms with E-state index in [9.17, 15) is 9.36 Å². The van der Waals surface area contributed by atoms with E-state index in [1.54, 1.807) is 0 Å². The molecule has 0 rings (SSSR count). The first kappa shape index (κ1) is 20.1. The number of likely N-dealkylation sites (N-methyl/N-ethyl adjacent to an activating group) is 1.